The Bertz CT molecular complexity index is 763. The van der Waals surface area contributed by atoms with Crippen LogP contribution < -0.4 is 29.6 Å². The predicted octanol–water partition coefficient (Wildman–Crippen LogP) is 3.86. The van der Waals surface area contributed by atoms with Crippen LogP contribution in [0.15, 0.2) is 36.4 Å². The van der Waals surface area contributed by atoms with Crippen molar-refractivity contribution in [2.45, 2.75) is 13.8 Å². The van der Waals surface area contributed by atoms with Gasteiger partial charge < -0.3 is 29.6 Å². The molecule has 132 valence electrons. The van der Waals surface area contributed by atoms with Crippen molar-refractivity contribution in [1.29, 1.82) is 0 Å². The first-order chi connectivity index (χ1) is 12.2. The molecule has 2 N–H and O–H groups in total. The van der Waals surface area contributed by atoms with Gasteiger partial charge in [-0.25, -0.2) is 4.79 Å². The molecular formula is C18H20N2O5. The van der Waals surface area contributed by atoms with Crippen LogP contribution in [-0.2, 0) is 0 Å². The van der Waals surface area contributed by atoms with E-state index < -0.39 is 6.03 Å². The number of amides is 2. The highest BCUT2D eigenvalue weighted by molar-refractivity contribution is 6.01. The Hall–Kier alpha value is -3.09. The van der Waals surface area contributed by atoms with Gasteiger partial charge in [0.2, 0.25) is 6.79 Å². The minimum atomic E-state index is -0.395. The van der Waals surface area contributed by atoms with Crippen molar-refractivity contribution in [2.75, 3.05) is 30.6 Å². The molecule has 7 heteroatoms. The lowest BCUT2D eigenvalue weighted by Crippen LogP contribution is -2.20. The molecule has 0 bridgehead atoms. The number of rotatable bonds is 6. The molecular weight excluding hydrogens is 324 g/mol. The molecule has 2 aromatic carbocycles. The van der Waals surface area contributed by atoms with E-state index in [1.807, 2.05) is 13.8 Å². The van der Waals surface area contributed by atoms with Crippen LogP contribution in [0.5, 0.6) is 23.0 Å². The fourth-order valence-electron chi connectivity index (χ4n) is 2.40. The lowest BCUT2D eigenvalue weighted by atomic mass is 10.2. The average molecular weight is 344 g/mol. The standard InChI is InChI=1S/C18H20N2O5/c1-3-22-13-6-8-15(23-4-2)14(10-13)20-18(21)19-12-5-7-16-17(9-12)25-11-24-16/h5-10H,3-4,11H2,1-2H3,(H2,19,20,21). The molecule has 0 unspecified atom stereocenters. The summed E-state index contributed by atoms with van der Waals surface area (Å²) < 4.78 is 21.6. The van der Waals surface area contributed by atoms with Crippen molar-refractivity contribution < 1.29 is 23.7 Å². The van der Waals surface area contributed by atoms with Crippen molar-refractivity contribution >= 4 is 17.4 Å². The van der Waals surface area contributed by atoms with Crippen molar-refractivity contribution in [3.8, 4) is 23.0 Å². The third kappa shape index (κ3) is 4.06. The van der Waals surface area contributed by atoms with Gasteiger partial charge in [-0.3, -0.25) is 0 Å². The molecule has 1 heterocycles. The second kappa shape index (κ2) is 7.65. The van der Waals surface area contributed by atoms with E-state index in [0.717, 1.165) is 0 Å². The first-order valence-electron chi connectivity index (χ1n) is 8.07. The van der Waals surface area contributed by atoms with Crippen LogP contribution in [0.1, 0.15) is 13.8 Å². The summed E-state index contributed by atoms with van der Waals surface area (Å²) in [5.74, 6) is 2.50. The number of urea groups is 1. The first kappa shape index (κ1) is 16.8. The number of anilines is 2. The summed E-state index contributed by atoms with van der Waals surface area (Å²) in [7, 11) is 0. The molecule has 7 nitrogen and oxygen atoms in total. The quantitative estimate of drug-likeness (QED) is 0.832. The van der Waals surface area contributed by atoms with Crippen LogP contribution in [0.25, 0.3) is 0 Å². The number of ether oxygens (including phenoxy) is 4. The summed E-state index contributed by atoms with van der Waals surface area (Å²) in [5, 5.41) is 5.54. The molecule has 0 atom stereocenters. The van der Waals surface area contributed by atoms with E-state index in [1.54, 1.807) is 36.4 Å². The zero-order valence-corrected chi connectivity index (χ0v) is 14.1. The third-order valence-electron chi connectivity index (χ3n) is 3.44. The zero-order valence-electron chi connectivity index (χ0n) is 14.1. The lowest BCUT2D eigenvalue weighted by molar-refractivity contribution is 0.174. The molecule has 25 heavy (non-hydrogen) atoms. The van der Waals surface area contributed by atoms with E-state index in [1.165, 1.54) is 0 Å². The maximum absolute atomic E-state index is 12.3. The molecule has 0 fully saturated rings. The Morgan fingerprint density at radius 2 is 1.80 bits per heavy atom. The molecule has 2 aromatic rings. The topological polar surface area (TPSA) is 78.1 Å². The van der Waals surface area contributed by atoms with Gasteiger partial charge in [0.1, 0.15) is 11.5 Å². The lowest BCUT2D eigenvalue weighted by Gasteiger charge is -2.14. The fourth-order valence-corrected chi connectivity index (χ4v) is 2.40. The van der Waals surface area contributed by atoms with Gasteiger partial charge in [0.05, 0.1) is 18.9 Å². The van der Waals surface area contributed by atoms with E-state index >= 15 is 0 Å². The minimum Gasteiger partial charge on any atom is -0.494 e. The zero-order chi connectivity index (χ0) is 17.6. The fraction of sp³-hybridized carbons (Fsp3) is 0.278. The van der Waals surface area contributed by atoms with E-state index in [9.17, 15) is 4.79 Å². The van der Waals surface area contributed by atoms with Crippen molar-refractivity contribution in [1.82, 2.24) is 0 Å². The smallest absolute Gasteiger partial charge is 0.323 e. The predicted molar refractivity (Wildman–Crippen MR) is 94.0 cm³/mol. The van der Waals surface area contributed by atoms with Gasteiger partial charge in [-0.15, -0.1) is 0 Å². The van der Waals surface area contributed by atoms with Gasteiger partial charge in [0, 0.05) is 17.8 Å². The number of nitrogens with one attached hydrogen (secondary N) is 2. The maximum atomic E-state index is 12.3. The van der Waals surface area contributed by atoms with Crippen LogP contribution in [0.3, 0.4) is 0 Å². The Kier molecular flexibility index (Phi) is 5.13. The van der Waals surface area contributed by atoms with Gasteiger partial charge in [-0.2, -0.15) is 0 Å². The number of carbonyl (C=O) groups excluding carboxylic acids is 1. The summed E-state index contributed by atoms with van der Waals surface area (Å²) in [6.45, 7) is 5.00. The molecule has 3 rings (SSSR count). The molecule has 2 amide bonds. The second-order valence-corrected chi connectivity index (χ2v) is 5.17. The molecule has 1 aliphatic heterocycles. The van der Waals surface area contributed by atoms with Crippen LogP contribution in [0.4, 0.5) is 16.2 Å². The normalized spacial score (nSPS) is 11.8. The molecule has 1 aliphatic rings. The Morgan fingerprint density at radius 3 is 2.60 bits per heavy atom. The largest absolute Gasteiger partial charge is 0.494 e. The van der Waals surface area contributed by atoms with Crippen LogP contribution in [0.2, 0.25) is 0 Å². The SMILES string of the molecule is CCOc1ccc(OCC)c(NC(=O)Nc2ccc3c(c2)OCO3)c1. The molecule has 0 radical (unpaired) electrons. The summed E-state index contributed by atoms with van der Waals surface area (Å²) in [6, 6.07) is 10.1. The van der Waals surface area contributed by atoms with E-state index in [-0.39, 0.29) is 6.79 Å². The Balaban J connectivity index is 1.72. The molecule has 0 aliphatic carbocycles. The van der Waals surface area contributed by atoms with Crippen LogP contribution in [-0.4, -0.2) is 26.0 Å². The van der Waals surface area contributed by atoms with Gasteiger partial charge >= 0.3 is 6.03 Å². The summed E-state index contributed by atoms with van der Waals surface area (Å²) >= 11 is 0. The van der Waals surface area contributed by atoms with Crippen molar-refractivity contribution in [2.24, 2.45) is 0 Å². The first-order valence-corrected chi connectivity index (χ1v) is 8.07. The van der Waals surface area contributed by atoms with Crippen molar-refractivity contribution in [3.63, 3.8) is 0 Å². The molecule has 0 saturated heterocycles. The van der Waals surface area contributed by atoms with E-state index in [2.05, 4.69) is 10.6 Å². The van der Waals surface area contributed by atoms with Crippen LogP contribution >= 0.6 is 0 Å². The summed E-state index contributed by atoms with van der Waals surface area (Å²) in [5.41, 5.74) is 1.13. The van der Waals surface area contributed by atoms with Crippen LogP contribution in [0, 0.1) is 0 Å². The number of hydrogen-bond acceptors (Lipinski definition) is 5. The van der Waals surface area contributed by atoms with Crippen molar-refractivity contribution in [3.05, 3.63) is 36.4 Å². The highest BCUT2D eigenvalue weighted by Crippen LogP contribution is 2.34. The second-order valence-electron chi connectivity index (χ2n) is 5.17. The maximum Gasteiger partial charge on any atom is 0.323 e. The average Bonchev–Trinajstić information content (AvgIpc) is 3.05. The van der Waals surface area contributed by atoms with E-state index in [0.29, 0.717) is 47.6 Å². The van der Waals surface area contributed by atoms with E-state index in [4.69, 9.17) is 18.9 Å². The number of benzene rings is 2. The number of hydrogen-bond donors (Lipinski definition) is 2. The highest BCUT2D eigenvalue weighted by atomic mass is 16.7. The van der Waals surface area contributed by atoms with Gasteiger partial charge in [0.15, 0.2) is 11.5 Å². The summed E-state index contributed by atoms with van der Waals surface area (Å²) in [6.07, 6.45) is 0. The van der Waals surface area contributed by atoms with Gasteiger partial charge in [-0.1, -0.05) is 0 Å². The monoisotopic (exact) mass is 344 g/mol. The summed E-state index contributed by atoms with van der Waals surface area (Å²) in [4.78, 5) is 12.3. The van der Waals surface area contributed by atoms with Gasteiger partial charge in [-0.05, 0) is 38.1 Å². The molecule has 0 saturated carbocycles. The molecule has 0 spiro atoms. The number of fused-ring (bicyclic) bond motifs is 1. The Morgan fingerprint density at radius 1 is 1.00 bits per heavy atom. The minimum absolute atomic E-state index is 0.187. The highest BCUT2D eigenvalue weighted by Gasteiger charge is 2.15. The molecule has 0 aromatic heterocycles. The van der Waals surface area contributed by atoms with Gasteiger partial charge in [0.25, 0.3) is 0 Å². The number of carbonyl (C=O) groups is 1. The third-order valence-corrected chi connectivity index (χ3v) is 3.44. The Labute approximate surface area is 145 Å².